The monoisotopic (exact) mass is 353 g/mol. The highest BCUT2D eigenvalue weighted by molar-refractivity contribution is 5.89. The molecular formula is C21H27N3O2. The zero-order valence-electron chi connectivity index (χ0n) is 15.2. The highest BCUT2D eigenvalue weighted by atomic mass is 16.5. The van der Waals surface area contributed by atoms with Crippen LogP contribution in [0.1, 0.15) is 37.7 Å². The molecule has 5 nitrogen and oxygen atoms in total. The van der Waals surface area contributed by atoms with E-state index in [1.54, 1.807) is 12.2 Å². The smallest absolute Gasteiger partial charge is 0.155 e. The van der Waals surface area contributed by atoms with Gasteiger partial charge in [-0.15, -0.1) is 0 Å². The molecule has 0 aliphatic carbocycles. The lowest BCUT2D eigenvalue weighted by atomic mass is 10.1. The Bertz CT molecular complexity index is 630. The van der Waals surface area contributed by atoms with Crippen LogP contribution in [0.25, 0.3) is 10.4 Å². The Morgan fingerprint density at radius 2 is 1.85 bits per heavy atom. The topological polar surface area (TPSA) is 75.1 Å². The molecule has 138 valence electrons. The van der Waals surface area contributed by atoms with Crippen LogP contribution in [0.4, 0.5) is 0 Å². The number of carbonyl (C=O) groups is 1. The number of hydrogen-bond donors (Lipinski definition) is 0. The number of rotatable bonds is 14. The fraction of sp³-hybridized carbons (Fsp3) is 0.381. The van der Waals surface area contributed by atoms with Gasteiger partial charge in [0.15, 0.2) is 5.78 Å². The van der Waals surface area contributed by atoms with Crippen LogP contribution < -0.4 is 0 Å². The highest BCUT2D eigenvalue weighted by Crippen LogP contribution is 2.02. The summed E-state index contributed by atoms with van der Waals surface area (Å²) >= 11 is 0. The molecule has 0 N–H and O–H groups in total. The second-order valence-corrected chi connectivity index (χ2v) is 5.69. The Labute approximate surface area is 155 Å². The van der Waals surface area contributed by atoms with Gasteiger partial charge in [0, 0.05) is 17.9 Å². The maximum absolute atomic E-state index is 11.6. The first-order valence-electron chi connectivity index (χ1n) is 8.96. The van der Waals surface area contributed by atoms with Gasteiger partial charge in [-0.3, -0.25) is 4.79 Å². The maximum Gasteiger partial charge on any atom is 0.155 e. The summed E-state index contributed by atoms with van der Waals surface area (Å²) in [7, 11) is 0. The third-order valence-electron chi connectivity index (χ3n) is 3.48. The summed E-state index contributed by atoms with van der Waals surface area (Å²) in [4.78, 5) is 14.2. The Morgan fingerprint density at radius 1 is 1.08 bits per heavy atom. The van der Waals surface area contributed by atoms with Crippen LogP contribution in [0.15, 0.2) is 71.9 Å². The van der Waals surface area contributed by atoms with Gasteiger partial charge in [-0.05, 0) is 42.9 Å². The average molecular weight is 353 g/mol. The number of unbranched alkanes of at least 4 members (excludes halogenated alkanes) is 1. The standard InChI is InChI=1S/C21H27N3O2/c22-24-23-17-11-10-16-21(25)15-9-4-2-1-3-5-12-18-26-19-20-13-7-6-8-14-20/h1-3,5-8,10,13-14,16H,4,9,11-12,15,17-19H2/b2-1+,5-3+,16-10+. The van der Waals surface area contributed by atoms with E-state index in [9.17, 15) is 4.79 Å². The van der Waals surface area contributed by atoms with Gasteiger partial charge < -0.3 is 4.74 Å². The molecule has 0 aliphatic heterocycles. The minimum Gasteiger partial charge on any atom is -0.376 e. The van der Waals surface area contributed by atoms with Crippen molar-refractivity contribution in [1.82, 2.24) is 0 Å². The van der Waals surface area contributed by atoms with E-state index in [-0.39, 0.29) is 5.78 Å². The van der Waals surface area contributed by atoms with Crippen molar-refractivity contribution < 1.29 is 9.53 Å². The molecule has 1 aromatic rings. The van der Waals surface area contributed by atoms with Gasteiger partial charge in [0.2, 0.25) is 0 Å². The fourth-order valence-electron chi connectivity index (χ4n) is 2.13. The molecule has 0 saturated heterocycles. The van der Waals surface area contributed by atoms with Gasteiger partial charge >= 0.3 is 0 Å². The lowest BCUT2D eigenvalue weighted by Crippen LogP contribution is -1.93. The van der Waals surface area contributed by atoms with Crippen LogP contribution in [0.5, 0.6) is 0 Å². The van der Waals surface area contributed by atoms with Gasteiger partial charge in [-0.1, -0.05) is 65.8 Å². The molecule has 1 aromatic carbocycles. The highest BCUT2D eigenvalue weighted by Gasteiger charge is 1.94. The number of ketones is 1. The lowest BCUT2D eigenvalue weighted by Gasteiger charge is -2.01. The summed E-state index contributed by atoms with van der Waals surface area (Å²) in [5, 5.41) is 3.40. The number of ether oxygens (including phenoxy) is 1. The van der Waals surface area contributed by atoms with Crippen molar-refractivity contribution >= 4 is 5.78 Å². The quantitative estimate of drug-likeness (QED) is 0.107. The van der Waals surface area contributed by atoms with E-state index in [1.165, 1.54) is 5.56 Å². The van der Waals surface area contributed by atoms with E-state index >= 15 is 0 Å². The lowest BCUT2D eigenvalue weighted by molar-refractivity contribution is -0.114. The minimum absolute atomic E-state index is 0.116. The molecule has 5 heteroatoms. The largest absolute Gasteiger partial charge is 0.376 e. The van der Waals surface area contributed by atoms with Crippen LogP contribution in [0.3, 0.4) is 0 Å². The minimum atomic E-state index is 0.116. The molecule has 0 unspecified atom stereocenters. The van der Waals surface area contributed by atoms with Crippen LogP contribution in [-0.4, -0.2) is 18.9 Å². The Kier molecular flexibility index (Phi) is 13.1. The molecule has 0 bridgehead atoms. The Morgan fingerprint density at radius 3 is 2.62 bits per heavy atom. The van der Waals surface area contributed by atoms with Crippen LogP contribution >= 0.6 is 0 Å². The van der Waals surface area contributed by atoms with E-state index < -0.39 is 0 Å². The van der Waals surface area contributed by atoms with Crippen molar-refractivity contribution in [1.29, 1.82) is 0 Å². The van der Waals surface area contributed by atoms with E-state index in [1.807, 2.05) is 30.4 Å². The molecule has 0 radical (unpaired) electrons. The number of allylic oxidation sites excluding steroid dienone is 4. The first kappa shape index (κ1) is 21.4. The van der Waals surface area contributed by atoms with Crippen molar-refractivity contribution in [3.05, 3.63) is 82.8 Å². The van der Waals surface area contributed by atoms with Gasteiger partial charge in [0.25, 0.3) is 0 Å². The summed E-state index contributed by atoms with van der Waals surface area (Å²) < 4.78 is 5.60. The fourth-order valence-corrected chi connectivity index (χ4v) is 2.13. The van der Waals surface area contributed by atoms with E-state index in [0.29, 0.717) is 32.6 Å². The molecule has 0 heterocycles. The van der Waals surface area contributed by atoms with Crippen molar-refractivity contribution in [2.45, 2.75) is 38.7 Å². The number of azide groups is 1. The van der Waals surface area contributed by atoms with E-state index in [0.717, 1.165) is 19.3 Å². The summed E-state index contributed by atoms with van der Waals surface area (Å²) in [6.07, 6.45) is 15.3. The molecule has 1 rings (SSSR count). The predicted octanol–water partition coefficient (Wildman–Crippen LogP) is 5.70. The first-order chi connectivity index (χ1) is 12.8. The van der Waals surface area contributed by atoms with Crippen molar-refractivity contribution in [2.24, 2.45) is 5.11 Å². The number of carbonyl (C=O) groups excluding carboxylic acids is 1. The van der Waals surface area contributed by atoms with E-state index in [2.05, 4.69) is 34.3 Å². The van der Waals surface area contributed by atoms with Gasteiger partial charge in [-0.2, -0.15) is 0 Å². The molecule has 0 aromatic heterocycles. The molecule has 0 aliphatic rings. The Hall–Kier alpha value is -2.62. The van der Waals surface area contributed by atoms with Gasteiger partial charge in [0.05, 0.1) is 13.2 Å². The molecule has 0 spiro atoms. The average Bonchev–Trinajstić information content (AvgIpc) is 2.66. The van der Waals surface area contributed by atoms with Crippen LogP contribution in [-0.2, 0) is 16.1 Å². The molecule has 0 amide bonds. The molecule has 0 fully saturated rings. The normalized spacial score (nSPS) is 11.4. The van der Waals surface area contributed by atoms with Crippen LogP contribution in [0, 0.1) is 0 Å². The van der Waals surface area contributed by atoms with Gasteiger partial charge in [0.1, 0.15) is 0 Å². The first-order valence-corrected chi connectivity index (χ1v) is 8.96. The molecule has 0 saturated carbocycles. The number of benzene rings is 1. The van der Waals surface area contributed by atoms with Crippen molar-refractivity contribution in [2.75, 3.05) is 13.2 Å². The summed E-state index contributed by atoms with van der Waals surface area (Å²) in [6.45, 7) is 1.75. The summed E-state index contributed by atoms with van der Waals surface area (Å²) in [5.74, 6) is 0.116. The zero-order valence-corrected chi connectivity index (χ0v) is 15.2. The number of nitrogens with zero attached hydrogens (tertiary/aromatic N) is 3. The molecular weight excluding hydrogens is 326 g/mol. The van der Waals surface area contributed by atoms with Crippen molar-refractivity contribution in [3.8, 4) is 0 Å². The predicted molar refractivity (Wildman–Crippen MR) is 106 cm³/mol. The zero-order chi connectivity index (χ0) is 18.7. The van der Waals surface area contributed by atoms with Gasteiger partial charge in [-0.25, -0.2) is 0 Å². The summed E-state index contributed by atoms with van der Waals surface area (Å²) in [6, 6.07) is 10.1. The maximum atomic E-state index is 11.6. The third kappa shape index (κ3) is 12.8. The third-order valence-corrected chi connectivity index (χ3v) is 3.48. The number of hydrogen-bond acceptors (Lipinski definition) is 3. The SMILES string of the molecule is [N-]=[N+]=NCC/C=C/C(=O)CCC/C=C/C=C/CCOCc1ccccc1. The molecule has 26 heavy (non-hydrogen) atoms. The molecule has 0 atom stereocenters. The van der Waals surface area contributed by atoms with E-state index in [4.69, 9.17) is 10.3 Å². The second-order valence-electron chi connectivity index (χ2n) is 5.69. The van der Waals surface area contributed by atoms with Crippen LogP contribution in [0.2, 0.25) is 0 Å². The van der Waals surface area contributed by atoms with Crippen molar-refractivity contribution in [3.63, 3.8) is 0 Å². The Balaban J connectivity index is 1.97. The second kappa shape index (κ2) is 15.9. The summed E-state index contributed by atoms with van der Waals surface area (Å²) in [5.41, 5.74) is 9.32.